The van der Waals surface area contributed by atoms with Gasteiger partial charge >= 0.3 is 0 Å². The van der Waals surface area contributed by atoms with Gasteiger partial charge in [-0.3, -0.25) is 4.98 Å². The SMILES string of the molecule is CCN1Cc2cc(C)cnc2-c2c(C)c(-c3ccc(C)cc3C)c(CC=O)c(C)c21. The number of benzene rings is 2. The molecule has 3 heteroatoms. The smallest absolute Gasteiger partial charge is 0.124 e. The number of rotatable bonds is 4. The molecular formula is C27H30N2O. The van der Waals surface area contributed by atoms with Gasteiger partial charge in [0, 0.05) is 31.3 Å². The Balaban J connectivity index is 2.13. The first-order valence-electron chi connectivity index (χ1n) is 10.8. The van der Waals surface area contributed by atoms with Crippen molar-refractivity contribution in [1.29, 1.82) is 0 Å². The highest BCUT2D eigenvalue weighted by Crippen LogP contribution is 2.48. The number of nitrogens with zero attached hydrogens (tertiary/aromatic N) is 2. The van der Waals surface area contributed by atoms with E-state index in [1.54, 1.807) is 0 Å². The number of carbonyl (C=O) groups is 1. The summed E-state index contributed by atoms with van der Waals surface area (Å²) in [7, 11) is 0. The summed E-state index contributed by atoms with van der Waals surface area (Å²) in [6.07, 6.45) is 3.43. The van der Waals surface area contributed by atoms with Gasteiger partial charge in [0.25, 0.3) is 0 Å². The summed E-state index contributed by atoms with van der Waals surface area (Å²) in [4.78, 5) is 19.0. The van der Waals surface area contributed by atoms with Gasteiger partial charge in [-0.25, -0.2) is 0 Å². The van der Waals surface area contributed by atoms with Crippen LogP contribution in [0.5, 0.6) is 0 Å². The molecule has 0 saturated heterocycles. The molecule has 2 aromatic carbocycles. The van der Waals surface area contributed by atoms with E-state index < -0.39 is 0 Å². The summed E-state index contributed by atoms with van der Waals surface area (Å²) in [6.45, 7) is 14.7. The lowest BCUT2D eigenvalue weighted by atomic mass is 9.81. The molecule has 3 aromatic rings. The van der Waals surface area contributed by atoms with E-state index in [2.05, 4.69) is 70.7 Å². The fraction of sp³-hybridized carbons (Fsp3) is 0.333. The second-order valence-electron chi connectivity index (χ2n) is 8.55. The van der Waals surface area contributed by atoms with Crippen LogP contribution in [0.3, 0.4) is 0 Å². The second kappa shape index (κ2) is 7.71. The van der Waals surface area contributed by atoms with Crippen molar-refractivity contribution < 1.29 is 4.79 Å². The zero-order valence-electron chi connectivity index (χ0n) is 18.9. The molecule has 154 valence electrons. The maximum Gasteiger partial charge on any atom is 0.124 e. The van der Waals surface area contributed by atoms with Crippen molar-refractivity contribution in [3.8, 4) is 22.4 Å². The highest BCUT2D eigenvalue weighted by Gasteiger charge is 2.30. The molecule has 3 nitrogen and oxygen atoms in total. The Morgan fingerprint density at radius 3 is 2.43 bits per heavy atom. The Kier molecular flexibility index (Phi) is 5.23. The maximum absolute atomic E-state index is 11.7. The average molecular weight is 399 g/mol. The summed E-state index contributed by atoms with van der Waals surface area (Å²) < 4.78 is 0. The topological polar surface area (TPSA) is 33.2 Å². The van der Waals surface area contributed by atoms with Crippen LogP contribution in [-0.4, -0.2) is 17.8 Å². The molecule has 0 saturated carbocycles. The molecular weight excluding hydrogens is 368 g/mol. The molecule has 0 atom stereocenters. The van der Waals surface area contributed by atoms with Gasteiger partial charge in [0.1, 0.15) is 6.29 Å². The van der Waals surface area contributed by atoms with E-state index in [1.807, 2.05) is 6.20 Å². The molecule has 30 heavy (non-hydrogen) atoms. The zero-order chi connectivity index (χ0) is 21.6. The van der Waals surface area contributed by atoms with E-state index in [0.717, 1.165) is 30.6 Å². The Hall–Kier alpha value is -2.94. The van der Waals surface area contributed by atoms with Crippen LogP contribution in [0, 0.1) is 34.6 Å². The number of hydrogen-bond acceptors (Lipinski definition) is 3. The number of aldehydes is 1. The Bertz CT molecular complexity index is 1160. The van der Waals surface area contributed by atoms with Gasteiger partial charge in [-0.2, -0.15) is 0 Å². The number of carbonyl (C=O) groups excluding carboxylic acids is 1. The van der Waals surface area contributed by atoms with E-state index >= 15 is 0 Å². The Morgan fingerprint density at radius 1 is 1.00 bits per heavy atom. The first-order valence-corrected chi connectivity index (χ1v) is 10.8. The molecule has 0 bridgehead atoms. The number of pyridine rings is 1. The number of anilines is 1. The standard InChI is InChI=1S/C27H30N2O/c1-7-29-15-21-13-17(3)14-28-26(21)25-20(6)24(22-9-8-16(2)12-18(22)4)23(10-11-30)19(5)27(25)29/h8-9,11-14H,7,10,15H2,1-6H3. The van der Waals surface area contributed by atoms with Gasteiger partial charge in [0.2, 0.25) is 0 Å². The lowest BCUT2D eigenvalue weighted by Crippen LogP contribution is -2.28. The molecule has 0 spiro atoms. The van der Waals surface area contributed by atoms with E-state index in [0.29, 0.717) is 6.42 Å². The lowest BCUT2D eigenvalue weighted by molar-refractivity contribution is -0.107. The largest absolute Gasteiger partial charge is 0.367 e. The number of fused-ring (bicyclic) bond motifs is 3. The molecule has 0 aliphatic carbocycles. The van der Waals surface area contributed by atoms with Crippen molar-refractivity contribution in [3.05, 3.63) is 69.4 Å². The zero-order valence-corrected chi connectivity index (χ0v) is 18.9. The van der Waals surface area contributed by atoms with Crippen LogP contribution in [0.1, 0.15) is 45.9 Å². The quantitative estimate of drug-likeness (QED) is 0.502. The minimum atomic E-state index is 0.425. The normalized spacial score (nSPS) is 12.5. The molecule has 2 heterocycles. The lowest BCUT2D eigenvalue weighted by Gasteiger charge is -2.36. The summed E-state index contributed by atoms with van der Waals surface area (Å²) in [5.41, 5.74) is 14.5. The van der Waals surface area contributed by atoms with Crippen LogP contribution >= 0.6 is 0 Å². The summed E-state index contributed by atoms with van der Waals surface area (Å²) >= 11 is 0. The minimum absolute atomic E-state index is 0.425. The third kappa shape index (κ3) is 3.13. The number of aromatic nitrogens is 1. The number of hydrogen-bond donors (Lipinski definition) is 0. The molecule has 4 rings (SSSR count). The molecule has 1 aliphatic rings. The van der Waals surface area contributed by atoms with Gasteiger partial charge < -0.3 is 9.69 Å². The molecule has 1 aromatic heterocycles. The first kappa shape index (κ1) is 20.3. The van der Waals surface area contributed by atoms with Gasteiger partial charge in [-0.05, 0) is 86.1 Å². The summed E-state index contributed by atoms with van der Waals surface area (Å²) in [5.74, 6) is 0. The monoisotopic (exact) mass is 398 g/mol. The van der Waals surface area contributed by atoms with E-state index in [-0.39, 0.29) is 0 Å². The van der Waals surface area contributed by atoms with Crippen molar-refractivity contribution in [2.45, 2.75) is 54.5 Å². The fourth-order valence-electron chi connectivity index (χ4n) is 5.06. The second-order valence-corrected chi connectivity index (χ2v) is 8.55. The molecule has 0 radical (unpaired) electrons. The van der Waals surface area contributed by atoms with Crippen LogP contribution in [0.4, 0.5) is 5.69 Å². The van der Waals surface area contributed by atoms with Crippen molar-refractivity contribution in [1.82, 2.24) is 4.98 Å². The van der Waals surface area contributed by atoms with Gasteiger partial charge in [0.05, 0.1) is 11.4 Å². The van der Waals surface area contributed by atoms with Crippen LogP contribution < -0.4 is 4.90 Å². The highest BCUT2D eigenvalue weighted by atomic mass is 16.1. The average Bonchev–Trinajstić information content (AvgIpc) is 2.71. The van der Waals surface area contributed by atoms with Crippen molar-refractivity contribution >= 4 is 12.0 Å². The Morgan fingerprint density at radius 2 is 1.77 bits per heavy atom. The maximum atomic E-state index is 11.7. The van der Waals surface area contributed by atoms with Crippen molar-refractivity contribution in [2.24, 2.45) is 0 Å². The molecule has 0 unspecified atom stereocenters. The van der Waals surface area contributed by atoms with Crippen LogP contribution in [0.2, 0.25) is 0 Å². The molecule has 0 fully saturated rings. The van der Waals surface area contributed by atoms with Gasteiger partial charge in [-0.1, -0.05) is 29.8 Å². The van der Waals surface area contributed by atoms with Gasteiger partial charge in [0.15, 0.2) is 0 Å². The predicted molar refractivity (Wildman–Crippen MR) is 125 cm³/mol. The Labute approximate surface area is 179 Å². The third-order valence-corrected chi connectivity index (χ3v) is 6.43. The van der Waals surface area contributed by atoms with Crippen molar-refractivity contribution in [2.75, 3.05) is 11.4 Å². The molecule has 0 amide bonds. The summed E-state index contributed by atoms with van der Waals surface area (Å²) in [5, 5.41) is 0. The van der Waals surface area contributed by atoms with Crippen LogP contribution in [-0.2, 0) is 17.8 Å². The predicted octanol–water partition coefficient (Wildman–Crippen LogP) is 6.04. The van der Waals surface area contributed by atoms with E-state index in [4.69, 9.17) is 4.98 Å². The highest BCUT2D eigenvalue weighted by molar-refractivity contribution is 5.94. The molecule has 0 N–H and O–H groups in total. The molecule has 1 aliphatic heterocycles. The minimum Gasteiger partial charge on any atom is -0.367 e. The van der Waals surface area contributed by atoms with Crippen molar-refractivity contribution in [3.63, 3.8) is 0 Å². The van der Waals surface area contributed by atoms with E-state index in [9.17, 15) is 4.79 Å². The third-order valence-electron chi connectivity index (χ3n) is 6.43. The van der Waals surface area contributed by atoms with Gasteiger partial charge in [-0.15, -0.1) is 0 Å². The number of aryl methyl sites for hydroxylation is 3. The van der Waals surface area contributed by atoms with Crippen LogP contribution in [0.25, 0.3) is 22.4 Å². The van der Waals surface area contributed by atoms with E-state index in [1.165, 1.54) is 55.8 Å². The summed E-state index contributed by atoms with van der Waals surface area (Å²) in [6, 6.07) is 8.85. The first-order chi connectivity index (χ1) is 14.4. The van der Waals surface area contributed by atoms with Crippen LogP contribution in [0.15, 0.2) is 30.5 Å². The fourth-order valence-corrected chi connectivity index (χ4v) is 5.06.